The van der Waals surface area contributed by atoms with Gasteiger partial charge in [-0.15, -0.1) is 0 Å². The molecule has 0 radical (unpaired) electrons. The maximum Gasteiger partial charge on any atom is 0.161 e. The molecule has 0 spiro atoms. The van der Waals surface area contributed by atoms with E-state index in [4.69, 9.17) is 14.2 Å². The van der Waals surface area contributed by atoms with Crippen molar-refractivity contribution in [3.8, 4) is 11.5 Å². The Morgan fingerprint density at radius 2 is 1.94 bits per heavy atom. The van der Waals surface area contributed by atoms with E-state index in [-0.39, 0.29) is 0 Å². The lowest BCUT2D eigenvalue weighted by atomic mass is 10.2. The van der Waals surface area contributed by atoms with Gasteiger partial charge in [0.15, 0.2) is 11.5 Å². The number of methoxy groups -OCH3 is 2. The molecule has 0 fully saturated rings. The molecule has 86 valence electrons. The van der Waals surface area contributed by atoms with E-state index in [1.54, 1.807) is 26.6 Å². The second-order valence-corrected chi connectivity index (χ2v) is 3.04. The quantitative estimate of drug-likeness (QED) is 0.419. The predicted octanol–water partition coefficient (Wildman–Crippen LogP) is 2.88. The molecule has 0 amide bonds. The van der Waals surface area contributed by atoms with E-state index in [9.17, 15) is 0 Å². The third-order valence-corrected chi connectivity index (χ3v) is 1.98. The Morgan fingerprint density at radius 1 is 1.19 bits per heavy atom. The number of hydrogen-bond donors (Lipinski definition) is 0. The van der Waals surface area contributed by atoms with Crippen molar-refractivity contribution in [2.45, 2.75) is 0 Å². The molecular weight excluding hydrogens is 204 g/mol. The lowest BCUT2D eigenvalue weighted by Gasteiger charge is -2.07. The maximum absolute atomic E-state index is 5.19. The van der Waals surface area contributed by atoms with Gasteiger partial charge >= 0.3 is 0 Å². The Bertz CT molecular complexity index is 369. The molecule has 0 aliphatic rings. The van der Waals surface area contributed by atoms with Crippen molar-refractivity contribution in [2.24, 2.45) is 0 Å². The highest BCUT2D eigenvalue weighted by molar-refractivity contribution is 5.55. The van der Waals surface area contributed by atoms with Gasteiger partial charge in [0.25, 0.3) is 0 Å². The van der Waals surface area contributed by atoms with Crippen LogP contribution in [0.15, 0.2) is 37.1 Å². The van der Waals surface area contributed by atoms with Gasteiger partial charge in [-0.3, -0.25) is 0 Å². The van der Waals surface area contributed by atoms with Crippen LogP contribution in [-0.4, -0.2) is 20.8 Å². The van der Waals surface area contributed by atoms with Gasteiger partial charge in [0, 0.05) is 0 Å². The molecule has 0 N–H and O–H groups in total. The van der Waals surface area contributed by atoms with E-state index in [0.29, 0.717) is 18.1 Å². The minimum Gasteiger partial charge on any atom is -0.497 e. The zero-order valence-electron chi connectivity index (χ0n) is 9.60. The summed E-state index contributed by atoms with van der Waals surface area (Å²) in [5, 5.41) is 0. The molecule has 0 unspecified atom stereocenters. The van der Waals surface area contributed by atoms with Crippen molar-refractivity contribution in [1.82, 2.24) is 0 Å². The van der Waals surface area contributed by atoms with E-state index in [1.165, 1.54) is 0 Å². The molecule has 3 heteroatoms. The van der Waals surface area contributed by atoms with Gasteiger partial charge in [0.1, 0.15) is 6.61 Å². The minimum absolute atomic E-state index is 0.504. The van der Waals surface area contributed by atoms with Crippen LogP contribution in [0.1, 0.15) is 5.56 Å². The fraction of sp³-hybridized carbons (Fsp3) is 0.231. The summed E-state index contributed by atoms with van der Waals surface area (Å²) in [7, 11) is 3.22. The first-order valence-electron chi connectivity index (χ1n) is 4.93. The Hall–Kier alpha value is -1.90. The van der Waals surface area contributed by atoms with Gasteiger partial charge in [-0.1, -0.05) is 18.7 Å². The van der Waals surface area contributed by atoms with Gasteiger partial charge in [0.05, 0.1) is 20.5 Å². The van der Waals surface area contributed by atoms with E-state index >= 15 is 0 Å². The lowest BCUT2D eigenvalue weighted by molar-refractivity contribution is 0.293. The van der Waals surface area contributed by atoms with E-state index in [2.05, 4.69) is 6.58 Å². The Morgan fingerprint density at radius 3 is 2.56 bits per heavy atom. The molecule has 0 heterocycles. The monoisotopic (exact) mass is 220 g/mol. The van der Waals surface area contributed by atoms with Crippen molar-refractivity contribution in [3.05, 3.63) is 42.7 Å². The lowest BCUT2D eigenvalue weighted by Crippen LogP contribution is -1.90. The molecule has 16 heavy (non-hydrogen) atoms. The van der Waals surface area contributed by atoms with Gasteiger partial charge in [-0.05, 0) is 23.8 Å². The highest BCUT2D eigenvalue weighted by Crippen LogP contribution is 2.27. The maximum atomic E-state index is 5.19. The van der Waals surface area contributed by atoms with Gasteiger partial charge < -0.3 is 14.2 Å². The second kappa shape index (κ2) is 6.56. The van der Waals surface area contributed by atoms with Crippen molar-refractivity contribution >= 4 is 6.08 Å². The molecule has 1 aromatic rings. The Balaban J connectivity index is 2.74. The molecule has 1 aromatic carbocycles. The molecule has 0 bridgehead atoms. The molecule has 0 saturated carbocycles. The molecule has 0 saturated heterocycles. The SMILES string of the molecule is C=CCO/C=C/c1ccc(OC)c(OC)c1. The predicted molar refractivity (Wildman–Crippen MR) is 64.7 cm³/mol. The van der Waals surface area contributed by atoms with E-state index in [0.717, 1.165) is 5.56 Å². The van der Waals surface area contributed by atoms with Crippen LogP contribution in [0.4, 0.5) is 0 Å². The van der Waals surface area contributed by atoms with Gasteiger partial charge in [0.2, 0.25) is 0 Å². The van der Waals surface area contributed by atoms with Gasteiger partial charge in [-0.25, -0.2) is 0 Å². The third kappa shape index (κ3) is 3.35. The molecular formula is C13H16O3. The molecule has 1 rings (SSSR count). The number of ether oxygens (including phenoxy) is 3. The third-order valence-electron chi connectivity index (χ3n) is 1.98. The van der Waals surface area contributed by atoms with Crippen LogP contribution >= 0.6 is 0 Å². The fourth-order valence-electron chi connectivity index (χ4n) is 1.21. The summed E-state index contributed by atoms with van der Waals surface area (Å²) in [5.74, 6) is 1.42. The summed E-state index contributed by atoms with van der Waals surface area (Å²) < 4.78 is 15.5. The molecule has 0 aliphatic heterocycles. The zero-order chi connectivity index (χ0) is 11.8. The van der Waals surface area contributed by atoms with E-state index < -0.39 is 0 Å². The second-order valence-electron chi connectivity index (χ2n) is 3.04. The standard InChI is InChI=1S/C13H16O3/c1-4-8-16-9-7-11-5-6-12(14-2)13(10-11)15-3/h4-7,9-10H,1,8H2,2-3H3/b9-7+. The fourth-order valence-corrected chi connectivity index (χ4v) is 1.21. The molecule has 0 aliphatic carbocycles. The van der Waals surface area contributed by atoms with Crippen molar-refractivity contribution in [1.29, 1.82) is 0 Å². The smallest absolute Gasteiger partial charge is 0.161 e. The van der Waals surface area contributed by atoms with Crippen LogP contribution in [0.25, 0.3) is 6.08 Å². The first kappa shape index (κ1) is 12.2. The highest BCUT2D eigenvalue weighted by Gasteiger charge is 2.02. The van der Waals surface area contributed by atoms with Crippen molar-refractivity contribution < 1.29 is 14.2 Å². The van der Waals surface area contributed by atoms with Crippen LogP contribution in [0.5, 0.6) is 11.5 Å². The summed E-state index contributed by atoms with van der Waals surface area (Å²) >= 11 is 0. The van der Waals surface area contributed by atoms with Gasteiger partial charge in [-0.2, -0.15) is 0 Å². The average Bonchev–Trinajstić information content (AvgIpc) is 2.34. The summed E-state index contributed by atoms with van der Waals surface area (Å²) in [6.45, 7) is 4.06. The number of benzene rings is 1. The van der Waals surface area contributed by atoms with Crippen LogP contribution < -0.4 is 9.47 Å². The largest absolute Gasteiger partial charge is 0.497 e. The average molecular weight is 220 g/mol. The summed E-state index contributed by atoms with van der Waals surface area (Å²) in [5.41, 5.74) is 0.988. The first-order chi connectivity index (χ1) is 7.81. The zero-order valence-corrected chi connectivity index (χ0v) is 9.60. The van der Waals surface area contributed by atoms with Crippen LogP contribution in [0.3, 0.4) is 0 Å². The van der Waals surface area contributed by atoms with E-state index in [1.807, 2.05) is 24.3 Å². The van der Waals surface area contributed by atoms with Crippen molar-refractivity contribution in [3.63, 3.8) is 0 Å². The molecule has 3 nitrogen and oxygen atoms in total. The summed E-state index contributed by atoms with van der Waals surface area (Å²) in [6, 6.07) is 5.66. The van der Waals surface area contributed by atoms with Crippen molar-refractivity contribution in [2.75, 3.05) is 20.8 Å². The topological polar surface area (TPSA) is 27.7 Å². The van der Waals surface area contributed by atoms with Crippen LogP contribution in [-0.2, 0) is 4.74 Å². The number of rotatable bonds is 6. The number of hydrogen-bond acceptors (Lipinski definition) is 3. The molecule has 0 aromatic heterocycles. The molecule has 0 atom stereocenters. The minimum atomic E-state index is 0.504. The van der Waals surface area contributed by atoms with Crippen LogP contribution in [0, 0.1) is 0 Å². The van der Waals surface area contributed by atoms with Crippen LogP contribution in [0.2, 0.25) is 0 Å². The highest BCUT2D eigenvalue weighted by atomic mass is 16.5. The Kier molecular flexibility index (Phi) is 4.99. The normalized spacial score (nSPS) is 10.1. The summed E-state index contributed by atoms with van der Waals surface area (Å²) in [6.07, 6.45) is 5.17. The Labute approximate surface area is 95.9 Å². The summed E-state index contributed by atoms with van der Waals surface area (Å²) in [4.78, 5) is 0. The first-order valence-corrected chi connectivity index (χ1v) is 4.93.